The van der Waals surface area contributed by atoms with Gasteiger partial charge in [-0.15, -0.1) is 0 Å². The van der Waals surface area contributed by atoms with Crippen molar-refractivity contribution in [3.63, 3.8) is 0 Å². The molecule has 7 nitrogen and oxygen atoms in total. The van der Waals surface area contributed by atoms with E-state index >= 15 is 0 Å². The molecule has 0 atom stereocenters. The monoisotopic (exact) mass is 485 g/mol. The third-order valence-electron chi connectivity index (χ3n) is 5.62. The van der Waals surface area contributed by atoms with Gasteiger partial charge in [0.05, 0.1) is 10.5 Å². The minimum Gasteiger partial charge on any atom is -0.342 e. The van der Waals surface area contributed by atoms with E-state index in [9.17, 15) is 19.7 Å². The van der Waals surface area contributed by atoms with E-state index in [1.54, 1.807) is 11.0 Å². The Hall–Kier alpha value is -1.71. The molecule has 3 rings (SSSR count). The summed E-state index contributed by atoms with van der Waals surface area (Å²) < 4.78 is 0.698. The number of halogens is 1. The van der Waals surface area contributed by atoms with Crippen molar-refractivity contribution >= 4 is 40.1 Å². The normalized spacial score (nSPS) is 19.2. The quantitative estimate of drug-likeness (QED) is 0.374. The van der Waals surface area contributed by atoms with E-state index in [0.29, 0.717) is 41.0 Å². The first-order valence-corrected chi connectivity index (χ1v) is 10.5. The van der Waals surface area contributed by atoms with E-state index in [1.165, 1.54) is 12.1 Å². The van der Waals surface area contributed by atoms with Crippen molar-refractivity contribution in [2.24, 2.45) is 11.8 Å². The minimum absolute atomic E-state index is 0.0216. The number of carbonyl (C=O) groups is 2. The molecule has 146 valence electrons. The lowest BCUT2D eigenvalue weighted by atomic mass is 9.92. The van der Waals surface area contributed by atoms with Gasteiger partial charge in [-0.3, -0.25) is 19.7 Å². The van der Waals surface area contributed by atoms with Crippen LogP contribution >= 0.6 is 22.6 Å². The van der Waals surface area contributed by atoms with Gasteiger partial charge >= 0.3 is 0 Å². The number of piperidine rings is 2. The molecule has 0 radical (unpaired) electrons. The second-order valence-corrected chi connectivity index (χ2v) is 8.66. The number of likely N-dealkylation sites (tertiary alicyclic amines) is 2. The molecule has 0 N–H and O–H groups in total. The first-order chi connectivity index (χ1) is 12.9. The second kappa shape index (κ2) is 8.53. The number of non-ortho nitro benzene ring substituents is 1. The van der Waals surface area contributed by atoms with Crippen LogP contribution in [0.2, 0.25) is 0 Å². The van der Waals surface area contributed by atoms with Crippen molar-refractivity contribution in [1.29, 1.82) is 0 Å². The Balaban J connectivity index is 1.60. The van der Waals surface area contributed by atoms with E-state index in [-0.39, 0.29) is 23.4 Å². The fourth-order valence-corrected chi connectivity index (χ4v) is 4.34. The van der Waals surface area contributed by atoms with Crippen LogP contribution in [-0.4, -0.2) is 52.7 Å². The molecule has 0 aliphatic carbocycles. The third-order valence-corrected chi connectivity index (χ3v) is 6.56. The second-order valence-electron chi connectivity index (χ2n) is 7.50. The molecule has 2 fully saturated rings. The van der Waals surface area contributed by atoms with Gasteiger partial charge in [0.1, 0.15) is 0 Å². The Bertz CT molecular complexity index is 738. The Morgan fingerprint density at radius 2 is 1.67 bits per heavy atom. The predicted octanol–water partition coefficient (Wildman–Crippen LogP) is 3.31. The molecule has 2 aliphatic heterocycles. The van der Waals surface area contributed by atoms with Crippen LogP contribution in [0.4, 0.5) is 5.69 Å². The van der Waals surface area contributed by atoms with Crippen molar-refractivity contribution in [2.45, 2.75) is 32.6 Å². The molecule has 27 heavy (non-hydrogen) atoms. The van der Waals surface area contributed by atoms with E-state index in [0.717, 1.165) is 25.9 Å². The SMILES string of the molecule is CC1CCN(C(=O)C2CCN(C(=O)c3cc([N+](=O)[O-])ccc3I)CC2)CC1. The summed E-state index contributed by atoms with van der Waals surface area (Å²) >= 11 is 2.03. The van der Waals surface area contributed by atoms with Gasteiger partial charge in [-0.25, -0.2) is 0 Å². The van der Waals surface area contributed by atoms with Gasteiger partial charge in [0.15, 0.2) is 0 Å². The lowest BCUT2D eigenvalue weighted by Crippen LogP contribution is -2.46. The summed E-state index contributed by atoms with van der Waals surface area (Å²) in [4.78, 5) is 39.7. The summed E-state index contributed by atoms with van der Waals surface area (Å²) in [6, 6.07) is 4.35. The van der Waals surface area contributed by atoms with Crippen LogP contribution in [0.5, 0.6) is 0 Å². The van der Waals surface area contributed by atoms with Crippen molar-refractivity contribution < 1.29 is 14.5 Å². The fourth-order valence-electron chi connectivity index (χ4n) is 3.78. The van der Waals surface area contributed by atoms with E-state index in [1.807, 2.05) is 27.5 Å². The lowest BCUT2D eigenvalue weighted by molar-refractivity contribution is -0.384. The van der Waals surface area contributed by atoms with Crippen LogP contribution in [0.25, 0.3) is 0 Å². The number of hydrogen-bond acceptors (Lipinski definition) is 4. The number of amides is 2. The maximum atomic E-state index is 12.8. The van der Waals surface area contributed by atoms with E-state index in [4.69, 9.17) is 0 Å². The Kier molecular flexibility index (Phi) is 6.33. The van der Waals surface area contributed by atoms with Crippen LogP contribution in [0.3, 0.4) is 0 Å². The summed E-state index contributed by atoms with van der Waals surface area (Å²) in [5.41, 5.74) is 0.280. The average molecular weight is 485 g/mol. The topological polar surface area (TPSA) is 83.8 Å². The number of carbonyl (C=O) groups excluding carboxylic acids is 2. The van der Waals surface area contributed by atoms with E-state index in [2.05, 4.69) is 6.92 Å². The maximum absolute atomic E-state index is 12.8. The van der Waals surface area contributed by atoms with Crippen molar-refractivity contribution in [1.82, 2.24) is 9.80 Å². The summed E-state index contributed by atoms with van der Waals surface area (Å²) in [5, 5.41) is 11.0. The molecule has 1 aromatic carbocycles. The predicted molar refractivity (Wildman–Crippen MR) is 109 cm³/mol. The highest BCUT2D eigenvalue weighted by Gasteiger charge is 2.32. The van der Waals surface area contributed by atoms with E-state index < -0.39 is 4.92 Å². The molecule has 0 aromatic heterocycles. The third kappa shape index (κ3) is 4.59. The van der Waals surface area contributed by atoms with Crippen LogP contribution in [0, 0.1) is 25.5 Å². The van der Waals surface area contributed by atoms with Gasteiger partial charge < -0.3 is 9.80 Å². The van der Waals surface area contributed by atoms with Crippen LogP contribution in [0.1, 0.15) is 43.0 Å². The molecule has 2 aliphatic rings. The number of benzene rings is 1. The molecule has 0 unspecified atom stereocenters. The molecule has 8 heteroatoms. The van der Waals surface area contributed by atoms with Gasteiger partial charge in [0.25, 0.3) is 11.6 Å². The molecule has 2 saturated heterocycles. The summed E-state index contributed by atoms with van der Waals surface area (Å²) in [7, 11) is 0. The molecular weight excluding hydrogens is 461 g/mol. The standard InChI is InChI=1S/C19H24IN3O4/c1-13-4-8-21(9-5-13)18(24)14-6-10-22(11-7-14)19(25)16-12-15(23(26)27)2-3-17(16)20/h2-3,12-14H,4-11H2,1H3. The highest BCUT2D eigenvalue weighted by Crippen LogP contribution is 2.26. The zero-order chi connectivity index (χ0) is 19.6. The van der Waals surface area contributed by atoms with Crippen molar-refractivity contribution in [3.05, 3.63) is 37.4 Å². The van der Waals surface area contributed by atoms with Crippen LogP contribution < -0.4 is 0 Å². The molecule has 0 bridgehead atoms. The highest BCUT2D eigenvalue weighted by molar-refractivity contribution is 14.1. The summed E-state index contributed by atoms with van der Waals surface area (Å²) in [6.07, 6.45) is 3.44. The average Bonchev–Trinajstić information content (AvgIpc) is 2.68. The molecule has 1 aromatic rings. The largest absolute Gasteiger partial charge is 0.342 e. The Morgan fingerprint density at radius 1 is 1.07 bits per heavy atom. The van der Waals surface area contributed by atoms with Gasteiger partial charge in [-0.05, 0) is 60.3 Å². The first-order valence-electron chi connectivity index (χ1n) is 9.39. The summed E-state index contributed by atoms with van der Waals surface area (Å²) in [6.45, 7) is 4.92. The zero-order valence-electron chi connectivity index (χ0n) is 15.4. The van der Waals surface area contributed by atoms with Gasteiger partial charge in [-0.1, -0.05) is 6.92 Å². The van der Waals surface area contributed by atoms with Gasteiger partial charge in [0.2, 0.25) is 5.91 Å². The first kappa shape index (κ1) is 20.0. The number of rotatable bonds is 3. The number of nitro benzene ring substituents is 1. The Labute approximate surface area is 172 Å². The molecular formula is C19H24IN3O4. The fraction of sp³-hybridized carbons (Fsp3) is 0.579. The lowest BCUT2D eigenvalue weighted by Gasteiger charge is -2.36. The highest BCUT2D eigenvalue weighted by atomic mass is 127. The Morgan fingerprint density at radius 3 is 2.26 bits per heavy atom. The van der Waals surface area contributed by atoms with Gasteiger partial charge in [-0.2, -0.15) is 0 Å². The van der Waals surface area contributed by atoms with Crippen LogP contribution in [-0.2, 0) is 4.79 Å². The van der Waals surface area contributed by atoms with Crippen molar-refractivity contribution in [2.75, 3.05) is 26.2 Å². The summed E-state index contributed by atoms with van der Waals surface area (Å²) in [5.74, 6) is 0.692. The molecule has 2 amide bonds. The smallest absolute Gasteiger partial charge is 0.270 e. The van der Waals surface area contributed by atoms with Crippen LogP contribution in [0.15, 0.2) is 18.2 Å². The molecule has 0 spiro atoms. The maximum Gasteiger partial charge on any atom is 0.270 e. The number of nitro groups is 1. The molecule has 0 saturated carbocycles. The zero-order valence-corrected chi connectivity index (χ0v) is 17.6. The van der Waals surface area contributed by atoms with Crippen molar-refractivity contribution in [3.8, 4) is 0 Å². The minimum atomic E-state index is -0.489. The number of hydrogen-bond donors (Lipinski definition) is 0. The van der Waals surface area contributed by atoms with Gasteiger partial charge in [0, 0.05) is 47.8 Å². The molecule has 2 heterocycles. The number of nitrogens with zero attached hydrogens (tertiary/aromatic N) is 3.